The van der Waals surface area contributed by atoms with Crippen LogP contribution in [0.5, 0.6) is 0 Å². The lowest BCUT2D eigenvalue weighted by Crippen LogP contribution is -2.30. The van der Waals surface area contributed by atoms with Gasteiger partial charge in [-0.3, -0.25) is 4.79 Å². The average molecular weight is 283 g/mol. The molecule has 0 spiro atoms. The minimum Gasteiger partial charge on any atom is -0.478 e. The van der Waals surface area contributed by atoms with Crippen molar-refractivity contribution in [2.45, 2.75) is 31.0 Å². The highest BCUT2D eigenvalue weighted by Crippen LogP contribution is 2.27. The predicted molar refractivity (Wildman–Crippen MR) is 72.5 cm³/mol. The Morgan fingerprint density at radius 2 is 1.84 bits per heavy atom. The Labute approximate surface area is 116 Å². The largest absolute Gasteiger partial charge is 0.478 e. The van der Waals surface area contributed by atoms with Crippen molar-refractivity contribution in [2.75, 3.05) is 14.1 Å². The molecule has 19 heavy (non-hydrogen) atoms. The zero-order valence-corrected chi connectivity index (χ0v) is 12.4. The van der Waals surface area contributed by atoms with Gasteiger partial charge in [-0.25, -0.2) is 14.8 Å². The molecular weight excluding hydrogens is 266 g/mol. The van der Waals surface area contributed by atoms with Gasteiger partial charge in [0, 0.05) is 14.1 Å². The Morgan fingerprint density at radius 3 is 2.32 bits per heavy atom. The number of nitrogens with zero attached hydrogens (tertiary/aromatic N) is 3. The van der Waals surface area contributed by atoms with Crippen molar-refractivity contribution in [3.63, 3.8) is 0 Å². The monoisotopic (exact) mass is 283 g/mol. The van der Waals surface area contributed by atoms with E-state index in [0.717, 1.165) is 11.8 Å². The summed E-state index contributed by atoms with van der Waals surface area (Å²) in [5.41, 5.74) is 0.473. The number of aromatic carboxylic acids is 1. The van der Waals surface area contributed by atoms with Gasteiger partial charge in [-0.2, -0.15) is 0 Å². The lowest BCUT2D eigenvalue weighted by molar-refractivity contribution is -0.127. The van der Waals surface area contributed by atoms with Crippen LogP contribution in [0.3, 0.4) is 0 Å². The molecular formula is C12H17N3O3S. The number of hydrogen-bond donors (Lipinski definition) is 1. The fourth-order valence-electron chi connectivity index (χ4n) is 1.59. The molecule has 1 unspecified atom stereocenters. The molecule has 1 N–H and O–H groups in total. The zero-order chi connectivity index (χ0) is 14.7. The van der Waals surface area contributed by atoms with Crippen LogP contribution in [-0.4, -0.2) is 51.2 Å². The topological polar surface area (TPSA) is 83.4 Å². The first kappa shape index (κ1) is 15.4. The summed E-state index contributed by atoms with van der Waals surface area (Å²) in [7, 11) is 3.32. The van der Waals surface area contributed by atoms with Crippen molar-refractivity contribution in [1.29, 1.82) is 0 Å². The maximum atomic E-state index is 11.8. The van der Waals surface area contributed by atoms with Crippen molar-refractivity contribution in [3.8, 4) is 0 Å². The van der Waals surface area contributed by atoms with Crippen LogP contribution in [-0.2, 0) is 4.79 Å². The van der Waals surface area contributed by atoms with E-state index in [1.54, 1.807) is 34.9 Å². The van der Waals surface area contributed by atoms with Crippen molar-refractivity contribution in [1.82, 2.24) is 14.9 Å². The zero-order valence-electron chi connectivity index (χ0n) is 11.6. The molecule has 0 bridgehead atoms. The summed E-state index contributed by atoms with van der Waals surface area (Å²) in [6.07, 6.45) is 0. The van der Waals surface area contributed by atoms with Gasteiger partial charge in [0.25, 0.3) is 0 Å². The predicted octanol–water partition coefficient (Wildman–Crippen LogP) is 1.36. The Hall–Kier alpha value is -1.63. The first-order valence-electron chi connectivity index (χ1n) is 5.70. The second-order valence-electron chi connectivity index (χ2n) is 4.33. The minimum absolute atomic E-state index is 0.0639. The van der Waals surface area contributed by atoms with Gasteiger partial charge in [0.05, 0.1) is 10.9 Å². The molecule has 0 fully saturated rings. The molecule has 0 saturated carbocycles. The summed E-state index contributed by atoms with van der Waals surface area (Å²) >= 11 is 1.14. The van der Waals surface area contributed by atoms with Gasteiger partial charge in [0.15, 0.2) is 0 Å². The average Bonchev–Trinajstić information content (AvgIpc) is 2.25. The van der Waals surface area contributed by atoms with E-state index in [9.17, 15) is 14.7 Å². The van der Waals surface area contributed by atoms with E-state index in [1.807, 2.05) is 0 Å². The van der Waals surface area contributed by atoms with Crippen LogP contribution < -0.4 is 0 Å². The molecule has 0 radical (unpaired) electrons. The summed E-state index contributed by atoms with van der Waals surface area (Å²) in [6.45, 7) is 5.05. The summed E-state index contributed by atoms with van der Waals surface area (Å²) in [5.74, 6) is -0.672. The normalized spacial score (nSPS) is 12.1. The summed E-state index contributed by atoms with van der Waals surface area (Å²) in [5, 5.41) is 9.14. The Balaban J connectivity index is 3.13. The highest BCUT2D eigenvalue weighted by Gasteiger charge is 2.23. The Kier molecular flexibility index (Phi) is 4.88. The lowest BCUT2D eigenvalue weighted by Gasteiger charge is -2.17. The highest BCUT2D eigenvalue weighted by atomic mass is 32.2. The van der Waals surface area contributed by atoms with E-state index in [4.69, 9.17) is 0 Å². The third-order valence-electron chi connectivity index (χ3n) is 2.46. The summed E-state index contributed by atoms with van der Waals surface area (Å²) in [6, 6.07) is 0. The Morgan fingerprint density at radius 1 is 1.26 bits per heavy atom. The molecule has 0 aromatic carbocycles. The second kappa shape index (κ2) is 6.01. The van der Waals surface area contributed by atoms with Gasteiger partial charge in [-0.05, 0) is 20.8 Å². The summed E-state index contributed by atoms with van der Waals surface area (Å²) < 4.78 is 0. The number of carbonyl (C=O) groups excluding carboxylic acids is 1. The van der Waals surface area contributed by atoms with Crippen LogP contribution in [0.15, 0.2) is 5.03 Å². The number of carboxylic acids is 1. The van der Waals surface area contributed by atoms with Crippen molar-refractivity contribution < 1.29 is 14.7 Å². The van der Waals surface area contributed by atoms with Crippen molar-refractivity contribution in [2.24, 2.45) is 0 Å². The Bertz CT molecular complexity index is 517. The van der Waals surface area contributed by atoms with Gasteiger partial charge in [0.1, 0.15) is 16.4 Å². The van der Waals surface area contributed by atoms with E-state index in [-0.39, 0.29) is 11.5 Å². The molecule has 7 heteroatoms. The quantitative estimate of drug-likeness (QED) is 0.663. The third kappa shape index (κ3) is 3.66. The number of rotatable bonds is 4. The molecule has 0 saturated heterocycles. The van der Waals surface area contributed by atoms with E-state index < -0.39 is 11.2 Å². The van der Waals surface area contributed by atoms with Crippen LogP contribution >= 0.6 is 11.8 Å². The van der Waals surface area contributed by atoms with Crippen LogP contribution in [0.4, 0.5) is 0 Å². The van der Waals surface area contributed by atoms with Gasteiger partial charge in [0.2, 0.25) is 5.91 Å². The van der Waals surface area contributed by atoms with Gasteiger partial charge >= 0.3 is 5.97 Å². The minimum atomic E-state index is -1.08. The molecule has 104 valence electrons. The number of aryl methyl sites for hydroxylation is 2. The molecule has 1 atom stereocenters. The van der Waals surface area contributed by atoms with Gasteiger partial charge < -0.3 is 10.0 Å². The molecule has 1 aromatic heterocycles. The molecule has 1 aromatic rings. The van der Waals surface area contributed by atoms with Crippen LogP contribution in [0, 0.1) is 13.8 Å². The first-order valence-corrected chi connectivity index (χ1v) is 6.58. The highest BCUT2D eigenvalue weighted by molar-refractivity contribution is 8.00. The van der Waals surface area contributed by atoms with Crippen molar-refractivity contribution >= 4 is 23.6 Å². The number of carbonyl (C=O) groups is 2. The van der Waals surface area contributed by atoms with Gasteiger partial charge in [-0.1, -0.05) is 11.8 Å². The number of aromatic nitrogens is 2. The lowest BCUT2D eigenvalue weighted by atomic mass is 10.2. The number of carboxylic acid groups (broad SMARTS) is 1. The third-order valence-corrected chi connectivity index (χ3v) is 3.53. The van der Waals surface area contributed by atoms with Gasteiger partial charge in [-0.15, -0.1) is 0 Å². The van der Waals surface area contributed by atoms with E-state index in [1.165, 1.54) is 4.90 Å². The van der Waals surface area contributed by atoms with Crippen LogP contribution in [0.25, 0.3) is 0 Å². The molecule has 6 nitrogen and oxygen atoms in total. The van der Waals surface area contributed by atoms with E-state index in [0.29, 0.717) is 16.5 Å². The second-order valence-corrected chi connectivity index (χ2v) is 5.66. The molecule has 1 heterocycles. The standard InChI is InChI=1S/C12H17N3O3S/c1-6-9(12(17)18)10(14-8(3)13-6)19-7(2)11(16)15(4)5/h7H,1-5H3,(H,17,18). The molecule has 0 aliphatic carbocycles. The molecule has 0 aliphatic heterocycles. The summed E-state index contributed by atoms with van der Waals surface area (Å²) in [4.78, 5) is 32.7. The fourth-order valence-corrected chi connectivity index (χ4v) is 2.78. The van der Waals surface area contributed by atoms with E-state index >= 15 is 0 Å². The SMILES string of the molecule is Cc1nc(C)c(C(=O)O)c(SC(C)C(=O)N(C)C)n1. The number of amides is 1. The maximum absolute atomic E-state index is 11.8. The fraction of sp³-hybridized carbons (Fsp3) is 0.500. The van der Waals surface area contributed by atoms with E-state index in [2.05, 4.69) is 9.97 Å². The molecule has 1 amide bonds. The van der Waals surface area contributed by atoms with Crippen LogP contribution in [0.1, 0.15) is 28.8 Å². The molecule has 1 rings (SSSR count). The first-order chi connectivity index (χ1) is 8.73. The van der Waals surface area contributed by atoms with Crippen LogP contribution in [0.2, 0.25) is 0 Å². The smallest absolute Gasteiger partial charge is 0.340 e. The number of hydrogen-bond acceptors (Lipinski definition) is 5. The molecule has 0 aliphatic rings. The van der Waals surface area contributed by atoms with Crippen molar-refractivity contribution in [3.05, 3.63) is 17.1 Å². The maximum Gasteiger partial charge on any atom is 0.340 e. The number of thioether (sulfide) groups is 1.